The van der Waals surface area contributed by atoms with Gasteiger partial charge < -0.3 is 15.5 Å². The first-order valence-corrected chi connectivity index (χ1v) is 5.50. The Labute approximate surface area is 101 Å². The van der Waals surface area contributed by atoms with Crippen LogP contribution < -0.4 is 10.5 Å². The minimum absolute atomic E-state index is 0.429. The molecule has 0 spiro atoms. The number of methoxy groups -OCH3 is 1. The molecular weight excluding hydrogens is 214 g/mol. The fourth-order valence-electron chi connectivity index (χ4n) is 1.89. The van der Waals surface area contributed by atoms with E-state index in [0.717, 1.165) is 22.7 Å². The summed E-state index contributed by atoms with van der Waals surface area (Å²) in [5.41, 5.74) is 10.9. The van der Waals surface area contributed by atoms with E-state index in [-0.39, 0.29) is 0 Å². The number of hydrogen-bond donors (Lipinski definition) is 2. The summed E-state index contributed by atoms with van der Waals surface area (Å²) in [7, 11) is 1.67. The summed E-state index contributed by atoms with van der Waals surface area (Å²) in [6, 6.07) is 4.10. The molecule has 0 aliphatic rings. The van der Waals surface area contributed by atoms with Crippen LogP contribution in [0.1, 0.15) is 16.8 Å². The summed E-state index contributed by atoms with van der Waals surface area (Å²) in [4.78, 5) is 7.30. The summed E-state index contributed by atoms with van der Waals surface area (Å²) < 4.78 is 5.41. The molecule has 2 rings (SSSR count). The average Bonchev–Trinajstić information content (AvgIpc) is 2.61. The second kappa shape index (κ2) is 4.13. The van der Waals surface area contributed by atoms with Crippen LogP contribution in [0, 0.1) is 20.8 Å². The van der Waals surface area contributed by atoms with Gasteiger partial charge in [0.15, 0.2) is 5.95 Å². The Kier molecular flexibility index (Phi) is 2.79. The van der Waals surface area contributed by atoms with Crippen LogP contribution in [0.2, 0.25) is 0 Å². The molecule has 0 aliphatic heterocycles. The van der Waals surface area contributed by atoms with Crippen LogP contribution in [0.15, 0.2) is 12.1 Å². The minimum Gasteiger partial charge on any atom is -0.496 e. The lowest BCUT2D eigenvalue weighted by Crippen LogP contribution is -1.93. The molecule has 0 bridgehead atoms. The van der Waals surface area contributed by atoms with Crippen molar-refractivity contribution in [2.24, 2.45) is 0 Å². The predicted molar refractivity (Wildman–Crippen MR) is 69.2 cm³/mol. The third kappa shape index (κ3) is 1.98. The van der Waals surface area contributed by atoms with Gasteiger partial charge in [0.1, 0.15) is 5.75 Å². The molecule has 4 nitrogen and oxygen atoms in total. The molecule has 1 aromatic heterocycles. The van der Waals surface area contributed by atoms with E-state index in [1.807, 2.05) is 13.0 Å². The molecule has 0 saturated heterocycles. The zero-order valence-electron chi connectivity index (χ0n) is 10.6. The van der Waals surface area contributed by atoms with E-state index in [4.69, 9.17) is 10.5 Å². The van der Waals surface area contributed by atoms with E-state index < -0.39 is 0 Å². The number of anilines is 1. The highest BCUT2D eigenvalue weighted by atomic mass is 16.5. The molecule has 0 unspecified atom stereocenters. The molecule has 17 heavy (non-hydrogen) atoms. The number of H-pyrrole nitrogens is 1. The summed E-state index contributed by atoms with van der Waals surface area (Å²) >= 11 is 0. The summed E-state index contributed by atoms with van der Waals surface area (Å²) in [5, 5.41) is 0. The van der Waals surface area contributed by atoms with Gasteiger partial charge in [-0.3, -0.25) is 0 Å². The maximum absolute atomic E-state index is 5.67. The number of nitrogens with one attached hydrogen (secondary N) is 1. The number of aromatic amines is 1. The van der Waals surface area contributed by atoms with Crippen molar-refractivity contribution in [2.75, 3.05) is 12.8 Å². The average molecular weight is 231 g/mol. The van der Waals surface area contributed by atoms with Gasteiger partial charge in [-0.15, -0.1) is 0 Å². The molecule has 4 heteroatoms. The van der Waals surface area contributed by atoms with Crippen molar-refractivity contribution in [3.05, 3.63) is 29.0 Å². The maximum Gasteiger partial charge on any atom is 0.198 e. The Hall–Kier alpha value is -1.97. The molecule has 1 aromatic carbocycles. The second-order valence-corrected chi connectivity index (χ2v) is 4.23. The molecule has 0 saturated carbocycles. The van der Waals surface area contributed by atoms with Crippen LogP contribution in [0.25, 0.3) is 11.3 Å². The number of rotatable bonds is 2. The van der Waals surface area contributed by atoms with E-state index in [1.54, 1.807) is 7.11 Å². The van der Waals surface area contributed by atoms with Gasteiger partial charge in [0.2, 0.25) is 0 Å². The highest BCUT2D eigenvalue weighted by Gasteiger charge is 2.13. The van der Waals surface area contributed by atoms with E-state index in [9.17, 15) is 0 Å². The first-order valence-electron chi connectivity index (χ1n) is 5.50. The Morgan fingerprint density at radius 3 is 2.35 bits per heavy atom. The maximum atomic E-state index is 5.67. The van der Waals surface area contributed by atoms with Gasteiger partial charge in [0, 0.05) is 11.3 Å². The lowest BCUT2D eigenvalue weighted by molar-refractivity contribution is 0.416. The summed E-state index contributed by atoms with van der Waals surface area (Å²) in [5.74, 6) is 1.25. The first-order chi connectivity index (χ1) is 8.02. The van der Waals surface area contributed by atoms with Gasteiger partial charge in [-0.2, -0.15) is 0 Å². The van der Waals surface area contributed by atoms with Crippen molar-refractivity contribution in [2.45, 2.75) is 20.8 Å². The monoisotopic (exact) mass is 231 g/mol. The number of aryl methyl sites for hydroxylation is 3. The molecule has 0 radical (unpaired) electrons. The van der Waals surface area contributed by atoms with Crippen LogP contribution >= 0.6 is 0 Å². The normalized spacial score (nSPS) is 10.6. The highest BCUT2D eigenvalue weighted by Crippen LogP contribution is 2.33. The number of ether oxygens (including phenoxy) is 1. The Balaban J connectivity index is 2.66. The number of aromatic nitrogens is 2. The molecule has 0 atom stereocenters. The van der Waals surface area contributed by atoms with Gasteiger partial charge in [-0.1, -0.05) is 0 Å². The first kappa shape index (κ1) is 11.5. The topological polar surface area (TPSA) is 63.9 Å². The van der Waals surface area contributed by atoms with Crippen molar-refractivity contribution in [3.63, 3.8) is 0 Å². The van der Waals surface area contributed by atoms with Gasteiger partial charge in [0.05, 0.1) is 12.8 Å². The number of nitrogens with two attached hydrogens (primary N) is 1. The van der Waals surface area contributed by atoms with Crippen LogP contribution in [-0.2, 0) is 0 Å². The van der Waals surface area contributed by atoms with Crippen molar-refractivity contribution >= 4 is 5.95 Å². The standard InChI is InChI=1S/C13H17N3O/c1-7-5-10(11(17-4)6-8(7)2)12-9(3)15-13(14)16-12/h5-6H,1-4H3,(H3,14,15,16). The fourth-order valence-corrected chi connectivity index (χ4v) is 1.89. The zero-order chi connectivity index (χ0) is 12.6. The van der Waals surface area contributed by atoms with Crippen LogP contribution in [-0.4, -0.2) is 17.1 Å². The number of imidazole rings is 1. The van der Waals surface area contributed by atoms with Crippen LogP contribution in [0.3, 0.4) is 0 Å². The van der Waals surface area contributed by atoms with Gasteiger partial charge in [-0.05, 0) is 44.0 Å². The van der Waals surface area contributed by atoms with E-state index in [2.05, 4.69) is 29.9 Å². The molecule has 1 heterocycles. The molecule has 3 N–H and O–H groups in total. The SMILES string of the molecule is COc1cc(C)c(C)cc1-c1nc(N)[nH]c1C. The van der Waals surface area contributed by atoms with Crippen molar-refractivity contribution in [1.29, 1.82) is 0 Å². The predicted octanol–water partition coefficient (Wildman–Crippen LogP) is 2.59. The highest BCUT2D eigenvalue weighted by molar-refractivity contribution is 5.71. The minimum atomic E-state index is 0.429. The van der Waals surface area contributed by atoms with E-state index in [1.165, 1.54) is 11.1 Å². The number of nitrogens with zero attached hydrogens (tertiary/aromatic N) is 1. The Morgan fingerprint density at radius 2 is 1.82 bits per heavy atom. The largest absolute Gasteiger partial charge is 0.496 e. The number of nitrogen functional groups attached to an aromatic ring is 1. The van der Waals surface area contributed by atoms with Gasteiger partial charge in [-0.25, -0.2) is 4.98 Å². The van der Waals surface area contributed by atoms with Crippen molar-refractivity contribution < 1.29 is 4.74 Å². The van der Waals surface area contributed by atoms with E-state index in [0.29, 0.717) is 5.95 Å². The van der Waals surface area contributed by atoms with Crippen molar-refractivity contribution in [3.8, 4) is 17.0 Å². The summed E-state index contributed by atoms with van der Waals surface area (Å²) in [6.45, 7) is 6.09. The number of benzene rings is 1. The summed E-state index contributed by atoms with van der Waals surface area (Å²) in [6.07, 6.45) is 0. The van der Waals surface area contributed by atoms with Crippen molar-refractivity contribution in [1.82, 2.24) is 9.97 Å². The fraction of sp³-hybridized carbons (Fsp3) is 0.308. The third-order valence-electron chi connectivity index (χ3n) is 2.97. The molecule has 2 aromatic rings. The van der Waals surface area contributed by atoms with Crippen LogP contribution in [0.5, 0.6) is 5.75 Å². The van der Waals surface area contributed by atoms with Gasteiger partial charge >= 0.3 is 0 Å². The Morgan fingerprint density at radius 1 is 1.18 bits per heavy atom. The zero-order valence-corrected chi connectivity index (χ0v) is 10.6. The number of hydrogen-bond acceptors (Lipinski definition) is 3. The van der Waals surface area contributed by atoms with Gasteiger partial charge in [0.25, 0.3) is 0 Å². The molecular formula is C13H17N3O. The molecule has 0 fully saturated rings. The Bertz CT molecular complexity index is 558. The molecule has 0 amide bonds. The van der Waals surface area contributed by atoms with Crippen LogP contribution in [0.4, 0.5) is 5.95 Å². The second-order valence-electron chi connectivity index (χ2n) is 4.23. The van der Waals surface area contributed by atoms with E-state index >= 15 is 0 Å². The quantitative estimate of drug-likeness (QED) is 0.835. The third-order valence-corrected chi connectivity index (χ3v) is 2.97. The smallest absolute Gasteiger partial charge is 0.198 e. The lowest BCUT2D eigenvalue weighted by Gasteiger charge is -2.10. The lowest BCUT2D eigenvalue weighted by atomic mass is 10.0. The molecule has 0 aliphatic carbocycles. The molecule has 90 valence electrons.